The first-order valence-electron chi connectivity index (χ1n) is 3.68. The fourth-order valence-corrected chi connectivity index (χ4v) is 1.70. The fourth-order valence-electron chi connectivity index (χ4n) is 0.761. The van der Waals surface area contributed by atoms with Crippen molar-refractivity contribution in [1.29, 1.82) is 0 Å². The van der Waals surface area contributed by atoms with Gasteiger partial charge >= 0.3 is 0 Å². The minimum atomic E-state index is -0.220. The lowest BCUT2D eigenvalue weighted by Crippen LogP contribution is -2.19. The van der Waals surface area contributed by atoms with Gasteiger partial charge in [0.2, 0.25) is 0 Å². The summed E-state index contributed by atoms with van der Waals surface area (Å²) in [7, 11) is 0. The molecule has 0 aromatic carbocycles. The van der Waals surface area contributed by atoms with Crippen molar-refractivity contribution in [3.05, 3.63) is 12.7 Å². The Morgan fingerprint density at radius 2 is 2.20 bits per heavy atom. The molecule has 0 saturated carbocycles. The molecule has 10 heavy (non-hydrogen) atoms. The van der Waals surface area contributed by atoms with Gasteiger partial charge in [0.25, 0.3) is 0 Å². The van der Waals surface area contributed by atoms with Crippen molar-refractivity contribution in [2.24, 2.45) is 0 Å². The minimum Gasteiger partial charge on any atom is -0.392 e. The predicted molar refractivity (Wildman–Crippen MR) is 48.4 cm³/mol. The highest BCUT2D eigenvalue weighted by atomic mass is 32.2. The molecule has 0 aromatic heterocycles. The molecule has 0 unspecified atom stereocenters. The van der Waals surface area contributed by atoms with Gasteiger partial charge in [-0.3, -0.25) is 0 Å². The number of hydrogen-bond donors (Lipinski definition) is 1. The van der Waals surface area contributed by atoms with E-state index in [2.05, 4.69) is 13.5 Å². The average Bonchev–Trinajstić information content (AvgIpc) is 1.99. The zero-order valence-corrected chi connectivity index (χ0v) is 7.53. The van der Waals surface area contributed by atoms with E-state index < -0.39 is 0 Å². The first-order valence-corrected chi connectivity index (χ1v) is 4.73. The molecular formula is C8H16OS. The van der Waals surface area contributed by atoms with Gasteiger partial charge in [-0.25, -0.2) is 0 Å². The maximum atomic E-state index is 9.36. The van der Waals surface area contributed by atoms with Crippen LogP contribution in [0.5, 0.6) is 0 Å². The molecular weight excluding hydrogens is 144 g/mol. The molecule has 1 nitrogen and oxygen atoms in total. The molecule has 1 N–H and O–H groups in total. The normalized spacial score (nSPS) is 16.3. The van der Waals surface area contributed by atoms with Crippen molar-refractivity contribution in [1.82, 2.24) is 0 Å². The Labute approximate surface area is 67.5 Å². The van der Waals surface area contributed by atoms with Gasteiger partial charge in [0.1, 0.15) is 0 Å². The van der Waals surface area contributed by atoms with E-state index in [1.165, 1.54) is 0 Å². The molecule has 0 radical (unpaired) electrons. The molecule has 2 heteroatoms. The van der Waals surface area contributed by atoms with Gasteiger partial charge in [0.15, 0.2) is 0 Å². The molecule has 2 atom stereocenters. The summed E-state index contributed by atoms with van der Waals surface area (Å²) < 4.78 is 0. The Kier molecular flexibility index (Phi) is 5.84. The van der Waals surface area contributed by atoms with Crippen LogP contribution in [0.2, 0.25) is 0 Å². The third-order valence-corrected chi connectivity index (χ3v) is 2.61. The van der Waals surface area contributed by atoms with Crippen LogP contribution in [-0.2, 0) is 0 Å². The summed E-state index contributed by atoms with van der Waals surface area (Å²) in [6.07, 6.45) is 2.41. The maximum Gasteiger partial charge on any atom is 0.0691 e. The van der Waals surface area contributed by atoms with Crippen molar-refractivity contribution < 1.29 is 5.11 Å². The van der Waals surface area contributed by atoms with Crippen molar-refractivity contribution >= 4 is 11.8 Å². The van der Waals surface area contributed by atoms with Crippen molar-refractivity contribution in [2.75, 3.05) is 5.75 Å². The van der Waals surface area contributed by atoms with Gasteiger partial charge in [-0.2, -0.15) is 11.8 Å². The Bertz CT molecular complexity index is 93.3. The van der Waals surface area contributed by atoms with Gasteiger partial charge in [-0.1, -0.05) is 19.9 Å². The van der Waals surface area contributed by atoms with Gasteiger partial charge in [-0.15, -0.1) is 6.58 Å². The highest BCUT2D eigenvalue weighted by molar-refractivity contribution is 8.00. The van der Waals surface area contributed by atoms with E-state index >= 15 is 0 Å². The second-order valence-corrected chi connectivity index (χ2v) is 3.59. The summed E-state index contributed by atoms with van der Waals surface area (Å²) in [5.74, 6) is 1.04. The molecule has 0 spiro atoms. The quantitative estimate of drug-likeness (QED) is 0.621. The van der Waals surface area contributed by atoms with Crippen LogP contribution in [0.15, 0.2) is 12.7 Å². The lowest BCUT2D eigenvalue weighted by Gasteiger charge is -2.16. The van der Waals surface area contributed by atoms with Gasteiger partial charge in [0.05, 0.1) is 6.10 Å². The Morgan fingerprint density at radius 3 is 2.50 bits per heavy atom. The largest absolute Gasteiger partial charge is 0.392 e. The van der Waals surface area contributed by atoms with E-state index in [1.54, 1.807) is 11.8 Å². The van der Waals surface area contributed by atoms with E-state index in [-0.39, 0.29) is 11.4 Å². The summed E-state index contributed by atoms with van der Waals surface area (Å²) in [5, 5.41) is 9.57. The highest BCUT2D eigenvalue weighted by Crippen LogP contribution is 2.16. The van der Waals surface area contributed by atoms with E-state index in [0.29, 0.717) is 0 Å². The van der Waals surface area contributed by atoms with Crippen LogP contribution in [0.1, 0.15) is 20.3 Å². The van der Waals surface area contributed by atoms with Crippen LogP contribution in [0, 0.1) is 0 Å². The molecule has 0 amide bonds. The first-order chi connectivity index (χ1) is 4.76. The number of aliphatic hydroxyl groups excluding tert-OH is 1. The van der Waals surface area contributed by atoms with Crippen LogP contribution in [0.4, 0.5) is 0 Å². The fraction of sp³-hybridized carbons (Fsp3) is 0.750. The van der Waals surface area contributed by atoms with E-state index in [9.17, 15) is 5.11 Å². The molecule has 0 aliphatic heterocycles. The van der Waals surface area contributed by atoms with Crippen LogP contribution in [0.25, 0.3) is 0 Å². The Balaban J connectivity index is 3.67. The molecule has 0 aliphatic rings. The van der Waals surface area contributed by atoms with Gasteiger partial charge < -0.3 is 5.11 Å². The molecule has 0 aliphatic carbocycles. The van der Waals surface area contributed by atoms with Crippen LogP contribution < -0.4 is 0 Å². The van der Waals surface area contributed by atoms with E-state index in [0.717, 1.165) is 12.2 Å². The van der Waals surface area contributed by atoms with Crippen molar-refractivity contribution in [2.45, 2.75) is 31.6 Å². The van der Waals surface area contributed by atoms with Crippen LogP contribution in [-0.4, -0.2) is 22.2 Å². The summed E-state index contributed by atoms with van der Waals surface area (Å²) in [5.41, 5.74) is 0. The third kappa shape index (κ3) is 3.28. The zero-order chi connectivity index (χ0) is 7.98. The standard InChI is InChI=1S/C8H16OS/c1-4-7(9)8(5-2)10-6-3/h5,7-9H,2,4,6H2,1,3H3/t7-,8+/m1/s1. The zero-order valence-electron chi connectivity index (χ0n) is 6.71. The van der Waals surface area contributed by atoms with Crippen molar-refractivity contribution in [3.8, 4) is 0 Å². The number of thioether (sulfide) groups is 1. The third-order valence-electron chi connectivity index (χ3n) is 1.39. The first kappa shape index (κ1) is 10.0. The van der Waals surface area contributed by atoms with Gasteiger partial charge in [-0.05, 0) is 12.2 Å². The highest BCUT2D eigenvalue weighted by Gasteiger charge is 2.12. The number of rotatable bonds is 5. The second kappa shape index (κ2) is 5.81. The molecule has 0 rings (SSSR count). The second-order valence-electron chi connectivity index (χ2n) is 2.13. The SMILES string of the molecule is C=C[C@H](SCC)[C@H](O)CC. The van der Waals surface area contributed by atoms with Crippen LogP contribution in [0.3, 0.4) is 0 Å². The summed E-state index contributed by atoms with van der Waals surface area (Å²) >= 11 is 1.74. The van der Waals surface area contributed by atoms with Crippen LogP contribution >= 0.6 is 11.8 Å². The summed E-state index contributed by atoms with van der Waals surface area (Å²) in [6.45, 7) is 7.74. The topological polar surface area (TPSA) is 20.2 Å². The molecule has 0 saturated heterocycles. The lowest BCUT2D eigenvalue weighted by molar-refractivity contribution is 0.179. The molecule has 0 heterocycles. The summed E-state index contributed by atoms with van der Waals surface area (Å²) in [4.78, 5) is 0. The predicted octanol–water partition coefficient (Wildman–Crippen LogP) is 2.06. The molecule has 0 fully saturated rings. The number of hydrogen-bond acceptors (Lipinski definition) is 2. The summed E-state index contributed by atoms with van der Waals surface area (Å²) in [6, 6.07) is 0. The molecule has 0 aromatic rings. The Morgan fingerprint density at radius 1 is 1.60 bits per heavy atom. The average molecular weight is 160 g/mol. The smallest absolute Gasteiger partial charge is 0.0691 e. The number of aliphatic hydroxyl groups is 1. The molecule has 60 valence electrons. The van der Waals surface area contributed by atoms with Crippen molar-refractivity contribution in [3.63, 3.8) is 0 Å². The minimum absolute atomic E-state index is 0.218. The van der Waals surface area contributed by atoms with E-state index in [1.807, 2.05) is 13.0 Å². The maximum absolute atomic E-state index is 9.36. The van der Waals surface area contributed by atoms with E-state index in [4.69, 9.17) is 0 Å². The monoisotopic (exact) mass is 160 g/mol. The Hall–Kier alpha value is 0.0500. The lowest BCUT2D eigenvalue weighted by atomic mass is 10.2. The van der Waals surface area contributed by atoms with Gasteiger partial charge in [0, 0.05) is 5.25 Å². The molecule has 0 bridgehead atoms.